The molecule has 6 heteroatoms. The standard InChI is InChI=1S/C26H31N3O2S/c1-18-14-19(2)17-29(16-18)13-5-12-27-25(30)21-10-8-20(9-11-21)15-24-26(31)28-22-6-3-4-7-23(22)32-24/h3-4,6-11,15,18-19H,5,12-14,16-17H2,1-2H3,(H,27,30)(H,28,31)/b24-15+/t18-,19+. The van der Waals surface area contributed by atoms with Gasteiger partial charge in [-0.3, -0.25) is 9.59 Å². The summed E-state index contributed by atoms with van der Waals surface area (Å²) in [5.74, 6) is 1.36. The first-order chi connectivity index (χ1) is 15.5. The maximum Gasteiger partial charge on any atom is 0.262 e. The molecule has 0 unspecified atom stereocenters. The van der Waals surface area contributed by atoms with E-state index in [0.717, 1.165) is 54.0 Å². The number of likely N-dealkylation sites (tertiary alicyclic amines) is 1. The van der Waals surface area contributed by atoms with E-state index in [9.17, 15) is 9.59 Å². The van der Waals surface area contributed by atoms with E-state index >= 15 is 0 Å². The van der Waals surface area contributed by atoms with Crippen LogP contribution in [0.1, 0.15) is 42.6 Å². The first-order valence-corrected chi connectivity index (χ1v) is 12.2. The number of carbonyl (C=O) groups excluding carboxylic acids is 2. The Morgan fingerprint density at radius 3 is 2.59 bits per heavy atom. The van der Waals surface area contributed by atoms with Gasteiger partial charge in [0.1, 0.15) is 0 Å². The molecule has 2 amide bonds. The molecule has 2 aliphatic rings. The average Bonchev–Trinajstić information content (AvgIpc) is 2.77. The second-order valence-electron chi connectivity index (χ2n) is 9.00. The minimum atomic E-state index is -0.104. The number of carbonyl (C=O) groups is 2. The summed E-state index contributed by atoms with van der Waals surface area (Å²) in [6.07, 6.45) is 4.14. The van der Waals surface area contributed by atoms with Gasteiger partial charge in [0.2, 0.25) is 0 Å². The zero-order valence-corrected chi connectivity index (χ0v) is 19.6. The Bertz CT molecular complexity index is 992. The summed E-state index contributed by atoms with van der Waals surface area (Å²) in [5.41, 5.74) is 2.38. The van der Waals surface area contributed by atoms with Crippen LogP contribution in [0.4, 0.5) is 5.69 Å². The molecule has 2 aromatic carbocycles. The van der Waals surface area contributed by atoms with Gasteiger partial charge in [0.05, 0.1) is 10.6 Å². The van der Waals surface area contributed by atoms with Gasteiger partial charge >= 0.3 is 0 Å². The molecular weight excluding hydrogens is 418 g/mol. The molecule has 32 heavy (non-hydrogen) atoms. The number of amides is 2. The maximum atomic E-state index is 12.5. The van der Waals surface area contributed by atoms with Crippen molar-refractivity contribution in [2.24, 2.45) is 11.8 Å². The number of nitrogens with one attached hydrogen (secondary N) is 2. The van der Waals surface area contributed by atoms with Crippen LogP contribution < -0.4 is 10.6 Å². The lowest BCUT2D eigenvalue weighted by Crippen LogP contribution is -2.40. The zero-order chi connectivity index (χ0) is 22.5. The van der Waals surface area contributed by atoms with Gasteiger partial charge in [-0.2, -0.15) is 0 Å². The first-order valence-electron chi connectivity index (χ1n) is 11.4. The molecule has 4 rings (SSSR count). The molecule has 5 nitrogen and oxygen atoms in total. The number of rotatable bonds is 6. The smallest absolute Gasteiger partial charge is 0.262 e. The lowest BCUT2D eigenvalue weighted by molar-refractivity contribution is -0.112. The molecule has 0 saturated carbocycles. The zero-order valence-electron chi connectivity index (χ0n) is 18.8. The highest BCUT2D eigenvalue weighted by molar-refractivity contribution is 8.04. The van der Waals surface area contributed by atoms with Crippen LogP contribution in [0.15, 0.2) is 58.3 Å². The van der Waals surface area contributed by atoms with E-state index in [-0.39, 0.29) is 11.8 Å². The third-order valence-electron chi connectivity index (χ3n) is 5.93. The Hall–Kier alpha value is -2.57. The van der Waals surface area contributed by atoms with E-state index in [0.29, 0.717) is 17.0 Å². The molecule has 0 bridgehead atoms. The Kier molecular flexibility index (Phi) is 7.33. The summed E-state index contributed by atoms with van der Waals surface area (Å²) in [5, 5.41) is 5.95. The van der Waals surface area contributed by atoms with Crippen molar-refractivity contribution in [3.8, 4) is 0 Å². The van der Waals surface area contributed by atoms with Gasteiger partial charge < -0.3 is 15.5 Å². The molecule has 0 aromatic heterocycles. The Morgan fingerprint density at radius 1 is 1.12 bits per heavy atom. The number of hydrogen-bond acceptors (Lipinski definition) is 4. The summed E-state index contributed by atoms with van der Waals surface area (Å²) in [7, 11) is 0. The molecule has 1 saturated heterocycles. The van der Waals surface area contributed by atoms with Crippen LogP contribution in [-0.2, 0) is 4.79 Å². The van der Waals surface area contributed by atoms with Gasteiger partial charge in [0, 0.05) is 30.1 Å². The quantitative estimate of drug-likeness (QED) is 0.488. The van der Waals surface area contributed by atoms with E-state index in [1.165, 1.54) is 18.2 Å². The van der Waals surface area contributed by atoms with Crippen LogP contribution in [0.25, 0.3) is 6.08 Å². The molecular formula is C26H31N3O2S. The van der Waals surface area contributed by atoms with Crippen molar-refractivity contribution in [2.45, 2.75) is 31.6 Å². The predicted molar refractivity (Wildman–Crippen MR) is 132 cm³/mol. The number of hydrogen-bond donors (Lipinski definition) is 2. The van der Waals surface area contributed by atoms with E-state index in [4.69, 9.17) is 0 Å². The first kappa shape index (κ1) is 22.6. The van der Waals surface area contributed by atoms with Crippen LogP contribution in [0.3, 0.4) is 0 Å². The van der Waals surface area contributed by atoms with Crippen LogP contribution in [0.2, 0.25) is 0 Å². The molecule has 1 fully saturated rings. The number of para-hydroxylation sites is 1. The normalized spacial score (nSPS) is 22.3. The van der Waals surface area contributed by atoms with Crippen molar-refractivity contribution in [3.05, 3.63) is 64.6 Å². The Labute approximate surface area is 194 Å². The SMILES string of the molecule is C[C@@H]1C[C@H](C)CN(CCCNC(=O)c2ccc(/C=C3/Sc4ccccc4NC3=O)cc2)C1. The van der Waals surface area contributed by atoms with Gasteiger partial charge in [0.15, 0.2) is 0 Å². The third-order valence-corrected chi connectivity index (χ3v) is 7.03. The molecule has 2 aromatic rings. The number of nitrogens with zero attached hydrogens (tertiary/aromatic N) is 1. The van der Waals surface area contributed by atoms with Crippen molar-refractivity contribution >= 4 is 35.3 Å². The van der Waals surface area contributed by atoms with Gasteiger partial charge in [-0.1, -0.05) is 49.9 Å². The molecule has 168 valence electrons. The highest BCUT2D eigenvalue weighted by Gasteiger charge is 2.22. The number of anilines is 1. The van der Waals surface area contributed by atoms with Crippen molar-refractivity contribution in [1.82, 2.24) is 10.2 Å². The lowest BCUT2D eigenvalue weighted by Gasteiger charge is -2.34. The van der Waals surface area contributed by atoms with Crippen LogP contribution >= 0.6 is 11.8 Å². The molecule has 2 N–H and O–H groups in total. The molecule has 0 radical (unpaired) electrons. The minimum Gasteiger partial charge on any atom is -0.352 e. The summed E-state index contributed by atoms with van der Waals surface area (Å²) in [6.45, 7) is 8.68. The minimum absolute atomic E-state index is 0.0525. The summed E-state index contributed by atoms with van der Waals surface area (Å²) >= 11 is 1.46. The summed E-state index contributed by atoms with van der Waals surface area (Å²) in [6, 6.07) is 15.2. The number of thioether (sulfide) groups is 1. The van der Waals surface area contributed by atoms with E-state index in [1.54, 1.807) is 0 Å². The van der Waals surface area contributed by atoms with E-state index < -0.39 is 0 Å². The van der Waals surface area contributed by atoms with Gasteiger partial charge in [-0.05, 0) is 67.1 Å². The number of benzene rings is 2. The molecule has 2 heterocycles. The summed E-state index contributed by atoms with van der Waals surface area (Å²) < 4.78 is 0. The molecule has 0 aliphatic carbocycles. The highest BCUT2D eigenvalue weighted by atomic mass is 32.2. The molecule has 2 aliphatic heterocycles. The monoisotopic (exact) mass is 449 g/mol. The third kappa shape index (κ3) is 5.81. The highest BCUT2D eigenvalue weighted by Crippen LogP contribution is 2.38. The fourth-order valence-corrected chi connectivity index (χ4v) is 5.52. The van der Waals surface area contributed by atoms with Gasteiger partial charge in [-0.25, -0.2) is 0 Å². The van der Waals surface area contributed by atoms with Crippen LogP contribution in [0, 0.1) is 11.8 Å². The van der Waals surface area contributed by atoms with Crippen molar-refractivity contribution in [3.63, 3.8) is 0 Å². The fourth-order valence-electron chi connectivity index (χ4n) is 4.57. The summed E-state index contributed by atoms with van der Waals surface area (Å²) in [4.78, 5) is 29.0. The Morgan fingerprint density at radius 2 is 1.84 bits per heavy atom. The van der Waals surface area contributed by atoms with Crippen LogP contribution in [-0.4, -0.2) is 42.9 Å². The maximum absolute atomic E-state index is 12.5. The molecule has 2 atom stereocenters. The number of piperidine rings is 1. The van der Waals surface area contributed by atoms with E-state index in [2.05, 4.69) is 29.4 Å². The van der Waals surface area contributed by atoms with Crippen molar-refractivity contribution in [1.29, 1.82) is 0 Å². The van der Waals surface area contributed by atoms with E-state index in [1.807, 2.05) is 54.6 Å². The Balaban J connectivity index is 1.27. The molecule has 0 spiro atoms. The van der Waals surface area contributed by atoms with Gasteiger partial charge in [-0.15, -0.1) is 0 Å². The second kappa shape index (κ2) is 10.4. The van der Waals surface area contributed by atoms with Crippen molar-refractivity contribution in [2.75, 3.05) is 31.5 Å². The lowest BCUT2D eigenvalue weighted by atomic mass is 9.92. The average molecular weight is 450 g/mol. The fraction of sp³-hybridized carbons (Fsp3) is 0.385. The second-order valence-corrected chi connectivity index (χ2v) is 10.1. The number of fused-ring (bicyclic) bond motifs is 1. The largest absolute Gasteiger partial charge is 0.352 e. The predicted octanol–water partition coefficient (Wildman–Crippen LogP) is 4.87. The van der Waals surface area contributed by atoms with Crippen LogP contribution in [0.5, 0.6) is 0 Å². The topological polar surface area (TPSA) is 61.4 Å². The van der Waals surface area contributed by atoms with Crippen molar-refractivity contribution < 1.29 is 9.59 Å². The van der Waals surface area contributed by atoms with Gasteiger partial charge in [0.25, 0.3) is 11.8 Å².